The lowest BCUT2D eigenvalue weighted by Crippen LogP contribution is -2.39. The molecule has 3 aromatic carbocycles. The molecule has 36 heavy (non-hydrogen) atoms. The minimum atomic E-state index is -3.73. The number of carbonyl (C=O) groups excluding carboxylic acids is 1. The first-order chi connectivity index (χ1) is 17.1. The van der Waals surface area contributed by atoms with E-state index in [0.29, 0.717) is 15.7 Å². The summed E-state index contributed by atoms with van der Waals surface area (Å²) >= 11 is 12.4. The molecular formula is C26H24Cl2N4O3S. The van der Waals surface area contributed by atoms with Crippen LogP contribution in [0.3, 0.4) is 0 Å². The molecule has 1 heterocycles. The van der Waals surface area contributed by atoms with Gasteiger partial charge >= 0.3 is 0 Å². The summed E-state index contributed by atoms with van der Waals surface area (Å²) in [5.41, 5.74) is 6.20. The van der Waals surface area contributed by atoms with Gasteiger partial charge in [-0.1, -0.05) is 59.6 Å². The third-order valence-corrected chi connectivity index (χ3v) is 7.40. The number of hydrazone groups is 1. The van der Waals surface area contributed by atoms with Crippen molar-refractivity contribution < 1.29 is 13.2 Å². The SMILES string of the molecule is Cc1cc(/C=N\NC(=O)CN(c2cccc3ccccc23)S(C)(=O)=O)c(C)n1-c1ccc(Cl)cc1Cl. The van der Waals surface area contributed by atoms with Crippen molar-refractivity contribution in [1.82, 2.24) is 9.99 Å². The summed E-state index contributed by atoms with van der Waals surface area (Å²) in [5.74, 6) is -0.570. The van der Waals surface area contributed by atoms with E-state index in [1.165, 1.54) is 6.21 Å². The Hall–Kier alpha value is -3.33. The van der Waals surface area contributed by atoms with E-state index in [2.05, 4.69) is 10.5 Å². The Kier molecular flexibility index (Phi) is 7.40. The number of fused-ring (bicyclic) bond motifs is 1. The molecule has 0 fully saturated rings. The third kappa shape index (κ3) is 5.41. The number of nitrogens with one attached hydrogen (secondary N) is 1. The molecule has 186 valence electrons. The molecule has 1 amide bonds. The van der Waals surface area contributed by atoms with Gasteiger partial charge in [-0.15, -0.1) is 0 Å². The number of hydrogen-bond donors (Lipinski definition) is 1. The molecule has 1 aromatic heterocycles. The van der Waals surface area contributed by atoms with Gasteiger partial charge in [0, 0.05) is 27.4 Å². The van der Waals surface area contributed by atoms with Crippen LogP contribution in [0.4, 0.5) is 5.69 Å². The van der Waals surface area contributed by atoms with Crippen LogP contribution < -0.4 is 9.73 Å². The van der Waals surface area contributed by atoms with Crippen LogP contribution in [0.2, 0.25) is 10.0 Å². The highest BCUT2D eigenvalue weighted by Crippen LogP contribution is 2.29. The van der Waals surface area contributed by atoms with Gasteiger partial charge < -0.3 is 4.57 Å². The van der Waals surface area contributed by atoms with Crippen molar-refractivity contribution in [2.24, 2.45) is 5.10 Å². The number of aryl methyl sites for hydroxylation is 1. The summed E-state index contributed by atoms with van der Waals surface area (Å²) in [7, 11) is -3.73. The topological polar surface area (TPSA) is 83.8 Å². The van der Waals surface area contributed by atoms with Gasteiger partial charge in [-0.2, -0.15) is 5.10 Å². The molecule has 10 heteroatoms. The number of sulfonamides is 1. The molecule has 1 N–H and O–H groups in total. The molecule has 0 aliphatic rings. The van der Waals surface area contributed by atoms with Crippen molar-refractivity contribution >= 4 is 61.8 Å². The smallest absolute Gasteiger partial charge is 0.260 e. The van der Waals surface area contributed by atoms with Gasteiger partial charge in [0.05, 0.1) is 28.9 Å². The van der Waals surface area contributed by atoms with E-state index in [1.807, 2.05) is 60.9 Å². The Bertz CT molecular complexity index is 1590. The van der Waals surface area contributed by atoms with Crippen LogP contribution in [0.1, 0.15) is 17.0 Å². The number of halogens is 2. The molecule has 7 nitrogen and oxygen atoms in total. The number of amides is 1. The van der Waals surface area contributed by atoms with E-state index in [9.17, 15) is 13.2 Å². The normalized spacial score (nSPS) is 11.8. The molecular weight excluding hydrogens is 519 g/mol. The zero-order valence-corrected chi connectivity index (χ0v) is 22.2. The Balaban J connectivity index is 1.54. The standard InChI is InChI=1S/C26H24Cl2N4O3S/c1-17-13-20(18(2)32(17)25-12-11-21(27)14-23(25)28)15-29-30-26(33)16-31(36(3,34)35)24-10-6-8-19-7-4-5-9-22(19)24/h4-15H,16H2,1-3H3,(H,30,33)/b29-15-. The van der Waals surface area contributed by atoms with Crippen molar-refractivity contribution in [1.29, 1.82) is 0 Å². The summed E-state index contributed by atoms with van der Waals surface area (Å²) in [6.45, 7) is 3.43. The molecule has 0 saturated carbocycles. The molecule has 4 rings (SSSR count). The lowest BCUT2D eigenvalue weighted by atomic mass is 10.1. The summed E-state index contributed by atoms with van der Waals surface area (Å²) < 4.78 is 28.2. The number of carbonyl (C=O) groups is 1. The average molecular weight is 543 g/mol. The van der Waals surface area contributed by atoms with E-state index in [0.717, 1.165) is 44.0 Å². The predicted molar refractivity (Wildman–Crippen MR) is 147 cm³/mol. The van der Waals surface area contributed by atoms with Crippen molar-refractivity contribution in [3.05, 3.63) is 93.7 Å². The number of nitrogens with zero attached hydrogens (tertiary/aromatic N) is 3. The van der Waals surface area contributed by atoms with E-state index >= 15 is 0 Å². The number of benzene rings is 3. The second-order valence-corrected chi connectivity index (χ2v) is 11.1. The van der Waals surface area contributed by atoms with Gasteiger partial charge in [0.1, 0.15) is 6.54 Å². The van der Waals surface area contributed by atoms with Crippen LogP contribution in [0, 0.1) is 13.8 Å². The van der Waals surface area contributed by atoms with Crippen LogP contribution in [0.25, 0.3) is 16.5 Å². The van der Waals surface area contributed by atoms with Crippen LogP contribution in [0.5, 0.6) is 0 Å². The van der Waals surface area contributed by atoms with Crippen LogP contribution >= 0.6 is 23.2 Å². The summed E-state index contributed by atoms with van der Waals surface area (Å²) in [5, 5.41) is 6.72. The van der Waals surface area contributed by atoms with E-state index in [4.69, 9.17) is 23.2 Å². The Morgan fingerprint density at radius 2 is 1.78 bits per heavy atom. The highest BCUT2D eigenvalue weighted by molar-refractivity contribution is 7.92. The maximum atomic E-state index is 12.7. The molecule has 0 bridgehead atoms. The fourth-order valence-electron chi connectivity index (χ4n) is 4.10. The minimum Gasteiger partial charge on any atom is -0.316 e. The monoisotopic (exact) mass is 542 g/mol. The average Bonchev–Trinajstić information content (AvgIpc) is 3.09. The number of aromatic nitrogens is 1. The maximum absolute atomic E-state index is 12.7. The van der Waals surface area contributed by atoms with Gasteiger partial charge in [0.2, 0.25) is 10.0 Å². The fourth-order valence-corrected chi connectivity index (χ4v) is 5.46. The van der Waals surface area contributed by atoms with E-state index in [1.54, 1.807) is 24.3 Å². The van der Waals surface area contributed by atoms with Gasteiger partial charge in [0.15, 0.2) is 0 Å². The third-order valence-electron chi connectivity index (χ3n) is 5.74. The van der Waals surface area contributed by atoms with Crippen molar-refractivity contribution in [3.8, 4) is 5.69 Å². The van der Waals surface area contributed by atoms with Crippen molar-refractivity contribution in [2.75, 3.05) is 17.1 Å². The first kappa shape index (κ1) is 25.8. The summed E-state index contributed by atoms with van der Waals surface area (Å²) in [6, 6.07) is 19.9. The maximum Gasteiger partial charge on any atom is 0.260 e. The molecule has 4 aromatic rings. The largest absolute Gasteiger partial charge is 0.316 e. The molecule has 0 saturated heterocycles. The second-order valence-electron chi connectivity index (χ2n) is 8.32. The fraction of sp³-hybridized carbons (Fsp3) is 0.154. The van der Waals surface area contributed by atoms with Gasteiger partial charge in [-0.3, -0.25) is 9.10 Å². The quantitative estimate of drug-likeness (QED) is 0.248. The van der Waals surface area contributed by atoms with Crippen LogP contribution in [-0.2, 0) is 14.8 Å². The number of anilines is 1. The lowest BCUT2D eigenvalue weighted by molar-refractivity contribution is -0.119. The first-order valence-corrected chi connectivity index (χ1v) is 13.6. The van der Waals surface area contributed by atoms with Crippen molar-refractivity contribution in [3.63, 3.8) is 0 Å². The minimum absolute atomic E-state index is 0.413. The van der Waals surface area contributed by atoms with Gasteiger partial charge in [-0.05, 0) is 49.6 Å². The molecule has 0 atom stereocenters. The zero-order chi connectivity index (χ0) is 26.0. The Morgan fingerprint density at radius 3 is 2.50 bits per heavy atom. The van der Waals surface area contributed by atoms with Crippen LogP contribution in [-0.4, -0.2) is 37.9 Å². The Morgan fingerprint density at radius 1 is 1.06 bits per heavy atom. The molecule has 0 radical (unpaired) electrons. The van der Waals surface area contributed by atoms with Crippen molar-refractivity contribution in [2.45, 2.75) is 13.8 Å². The predicted octanol–water partition coefficient (Wildman–Crippen LogP) is 5.47. The summed E-state index contributed by atoms with van der Waals surface area (Å²) in [4.78, 5) is 12.7. The molecule has 0 aliphatic carbocycles. The van der Waals surface area contributed by atoms with Gasteiger partial charge in [-0.25, -0.2) is 13.8 Å². The van der Waals surface area contributed by atoms with E-state index in [-0.39, 0.29) is 0 Å². The molecule has 0 spiro atoms. The van der Waals surface area contributed by atoms with Gasteiger partial charge in [0.25, 0.3) is 5.91 Å². The van der Waals surface area contributed by atoms with Crippen LogP contribution in [0.15, 0.2) is 71.8 Å². The molecule has 0 unspecified atom stereocenters. The number of hydrogen-bond acceptors (Lipinski definition) is 4. The molecule has 0 aliphatic heterocycles. The lowest BCUT2D eigenvalue weighted by Gasteiger charge is -2.23. The number of rotatable bonds is 7. The first-order valence-electron chi connectivity index (χ1n) is 11.0. The summed E-state index contributed by atoms with van der Waals surface area (Å²) in [6.07, 6.45) is 2.59. The zero-order valence-electron chi connectivity index (χ0n) is 19.9. The highest BCUT2D eigenvalue weighted by atomic mass is 35.5. The highest BCUT2D eigenvalue weighted by Gasteiger charge is 2.22. The second kappa shape index (κ2) is 10.3. The van der Waals surface area contributed by atoms with E-state index < -0.39 is 22.5 Å². The Labute approximate surface area is 220 Å².